The van der Waals surface area contributed by atoms with Crippen molar-refractivity contribution < 1.29 is 14.6 Å². The van der Waals surface area contributed by atoms with Crippen LogP contribution in [0.2, 0.25) is 0 Å². The van der Waals surface area contributed by atoms with Crippen molar-refractivity contribution in [2.24, 2.45) is 5.92 Å². The quantitative estimate of drug-likeness (QED) is 0.691. The van der Waals surface area contributed by atoms with Crippen LogP contribution in [0.15, 0.2) is 18.2 Å². The van der Waals surface area contributed by atoms with Crippen molar-refractivity contribution in [3.63, 3.8) is 0 Å². The minimum Gasteiger partial charge on any atom is -0.493 e. The molecule has 1 rings (SSSR count). The molecule has 0 aliphatic heterocycles. The van der Waals surface area contributed by atoms with Crippen molar-refractivity contribution in [2.75, 3.05) is 13.2 Å². The summed E-state index contributed by atoms with van der Waals surface area (Å²) in [5.41, 5.74) is 2.07. The summed E-state index contributed by atoms with van der Waals surface area (Å²) < 4.78 is 5.85. The maximum absolute atomic E-state index is 11.7. The molecule has 0 aliphatic rings. The fraction of sp³-hybridized carbons (Fsp3) is 0.588. The molecule has 22 heavy (non-hydrogen) atoms. The lowest BCUT2D eigenvalue weighted by Crippen LogP contribution is -2.42. The smallest absolute Gasteiger partial charge is 0.315 e. The van der Waals surface area contributed by atoms with Crippen LogP contribution in [0.5, 0.6) is 5.75 Å². The van der Waals surface area contributed by atoms with E-state index in [2.05, 4.69) is 24.5 Å². The molecule has 0 unspecified atom stereocenters. The van der Waals surface area contributed by atoms with Crippen LogP contribution in [0.3, 0.4) is 0 Å². The molecule has 1 aromatic carbocycles. The first-order valence-corrected chi connectivity index (χ1v) is 7.80. The Labute approximate surface area is 133 Å². The van der Waals surface area contributed by atoms with E-state index >= 15 is 0 Å². The second kappa shape index (κ2) is 9.30. The molecule has 0 heterocycles. The molecule has 0 aromatic heterocycles. The van der Waals surface area contributed by atoms with E-state index in [1.807, 2.05) is 25.1 Å². The van der Waals surface area contributed by atoms with Crippen LogP contribution in [0, 0.1) is 12.8 Å². The molecule has 0 spiro atoms. The normalized spacial score (nSPS) is 12.1. The minimum atomic E-state index is -0.296. The van der Waals surface area contributed by atoms with Gasteiger partial charge in [0.1, 0.15) is 5.75 Å². The third-order valence-electron chi connectivity index (χ3n) is 3.27. The summed E-state index contributed by atoms with van der Waals surface area (Å²) >= 11 is 0. The Morgan fingerprint density at radius 1 is 1.32 bits per heavy atom. The van der Waals surface area contributed by atoms with Crippen molar-refractivity contribution in [1.82, 2.24) is 10.6 Å². The third-order valence-corrected chi connectivity index (χ3v) is 3.27. The number of rotatable bonds is 8. The Hall–Kier alpha value is -1.75. The van der Waals surface area contributed by atoms with Gasteiger partial charge in [0, 0.05) is 12.1 Å². The summed E-state index contributed by atoms with van der Waals surface area (Å²) in [6.07, 6.45) is 0.995. The average Bonchev–Trinajstić information content (AvgIpc) is 2.45. The van der Waals surface area contributed by atoms with Crippen LogP contribution in [0.4, 0.5) is 4.79 Å². The number of aryl methyl sites for hydroxylation is 1. The summed E-state index contributed by atoms with van der Waals surface area (Å²) in [5, 5.41) is 14.4. The highest BCUT2D eigenvalue weighted by molar-refractivity contribution is 5.74. The largest absolute Gasteiger partial charge is 0.493 e. The first-order chi connectivity index (χ1) is 10.4. The van der Waals surface area contributed by atoms with Crippen LogP contribution in [0.25, 0.3) is 0 Å². The van der Waals surface area contributed by atoms with Crippen LogP contribution in [-0.4, -0.2) is 30.4 Å². The molecule has 0 saturated carbocycles. The summed E-state index contributed by atoms with van der Waals surface area (Å²) in [7, 11) is 0. The molecule has 0 aliphatic carbocycles. The monoisotopic (exact) mass is 308 g/mol. The molecule has 2 amide bonds. The van der Waals surface area contributed by atoms with Crippen molar-refractivity contribution in [1.29, 1.82) is 0 Å². The zero-order chi connectivity index (χ0) is 16.5. The van der Waals surface area contributed by atoms with Gasteiger partial charge in [-0.15, -0.1) is 0 Å². The van der Waals surface area contributed by atoms with Crippen LogP contribution in [0.1, 0.15) is 38.3 Å². The minimum absolute atomic E-state index is 0.0818. The molecule has 0 radical (unpaired) electrons. The number of urea groups is 1. The van der Waals surface area contributed by atoms with Gasteiger partial charge < -0.3 is 20.5 Å². The summed E-state index contributed by atoms with van der Waals surface area (Å²) in [4.78, 5) is 11.7. The standard InChI is InChI=1S/C17H28N2O3/c1-12(2)7-8-22-16-9-13(3)5-6-15(16)10-18-17(21)19-14(4)11-20/h5-6,9,12,14,20H,7-8,10-11H2,1-4H3,(H2,18,19,21)/t14-/m0/s1. The lowest BCUT2D eigenvalue weighted by molar-refractivity contribution is 0.220. The average molecular weight is 308 g/mol. The molecule has 1 atom stereocenters. The molecule has 0 fully saturated rings. The van der Waals surface area contributed by atoms with E-state index in [0.717, 1.165) is 23.3 Å². The number of benzene rings is 1. The Morgan fingerprint density at radius 3 is 2.68 bits per heavy atom. The van der Waals surface area contributed by atoms with E-state index in [9.17, 15) is 4.79 Å². The summed E-state index contributed by atoms with van der Waals surface area (Å²) in [6.45, 7) is 9.06. The maximum atomic E-state index is 11.7. The maximum Gasteiger partial charge on any atom is 0.315 e. The SMILES string of the molecule is Cc1ccc(CNC(=O)N[C@@H](C)CO)c(OCCC(C)C)c1. The number of nitrogens with one attached hydrogen (secondary N) is 2. The number of carbonyl (C=O) groups is 1. The van der Waals surface area contributed by atoms with E-state index in [-0.39, 0.29) is 18.7 Å². The number of ether oxygens (including phenoxy) is 1. The lowest BCUT2D eigenvalue weighted by Gasteiger charge is -2.15. The van der Waals surface area contributed by atoms with E-state index < -0.39 is 0 Å². The Balaban J connectivity index is 2.59. The van der Waals surface area contributed by atoms with Gasteiger partial charge in [0.05, 0.1) is 19.3 Å². The second-order valence-electron chi connectivity index (χ2n) is 6.05. The van der Waals surface area contributed by atoms with Crippen molar-refractivity contribution in [3.8, 4) is 5.75 Å². The molecule has 0 saturated heterocycles. The van der Waals surface area contributed by atoms with E-state index in [4.69, 9.17) is 9.84 Å². The molecular formula is C17H28N2O3. The van der Waals surface area contributed by atoms with Gasteiger partial charge in [0.25, 0.3) is 0 Å². The summed E-state index contributed by atoms with van der Waals surface area (Å²) in [6, 6.07) is 5.40. The van der Waals surface area contributed by atoms with Crippen molar-refractivity contribution >= 4 is 6.03 Å². The van der Waals surface area contributed by atoms with Gasteiger partial charge in [-0.05, 0) is 37.8 Å². The van der Waals surface area contributed by atoms with E-state index in [0.29, 0.717) is 19.1 Å². The van der Waals surface area contributed by atoms with Crippen LogP contribution in [-0.2, 0) is 6.54 Å². The number of hydrogen-bond acceptors (Lipinski definition) is 3. The zero-order valence-corrected chi connectivity index (χ0v) is 14.0. The van der Waals surface area contributed by atoms with Gasteiger partial charge >= 0.3 is 6.03 Å². The lowest BCUT2D eigenvalue weighted by atomic mass is 10.1. The molecular weight excluding hydrogens is 280 g/mol. The van der Waals surface area contributed by atoms with Gasteiger partial charge in [-0.25, -0.2) is 4.79 Å². The van der Waals surface area contributed by atoms with Crippen molar-refractivity contribution in [2.45, 2.75) is 46.7 Å². The zero-order valence-electron chi connectivity index (χ0n) is 14.0. The van der Waals surface area contributed by atoms with Gasteiger partial charge in [-0.3, -0.25) is 0 Å². The first-order valence-electron chi connectivity index (χ1n) is 7.80. The Kier molecular flexibility index (Phi) is 7.74. The number of amides is 2. The first kappa shape index (κ1) is 18.3. The topological polar surface area (TPSA) is 70.6 Å². The molecule has 124 valence electrons. The number of hydrogen-bond donors (Lipinski definition) is 3. The molecule has 5 heteroatoms. The second-order valence-corrected chi connectivity index (χ2v) is 6.05. The predicted molar refractivity (Wildman–Crippen MR) is 88.0 cm³/mol. The highest BCUT2D eigenvalue weighted by Gasteiger charge is 2.09. The Morgan fingerprint density at radius 2 is 2.05 bits per heavy atom. The summed E-state index contributed by atoms with van der Waals surface area (Å²) in [5.74, 6) is 1.41. The highest BCUT2D eigenvalue weighted by Crippen LogP contribution is 2.21. The predicted octanol–water partition coefficient (Wildman–Crippen LogP) is 2.60. The number of aliphatic hydroxyl groups excluding tert-OH is 1. The Bertz CT molecular complexity index is 475. The number of carbonyl (C=O) groups excluding carboxylic acids is 1. The molecule has 3 N–H and O–H groups in total. The fourth-order valence-electron chi connectivity index (χ4n) is 1.84. The van der Waals surface area contributed by atoms with E-state index in [1.165, 1.54) is 0 Å². The molecule has 5 nitrogen and oxygen atoms in total. The van der Waals surface area contributed by atoms with Gasteiger partial charge in [0.2, 0.25) is 0 Å². The molecule has 0 bridgehead atoms. The van der Waals surface area contributed by atoms with Gasteiger partial charge in [-0.2, -0.15) is 0 Å². The molecule has 1 aromatic rings. The van der Waals surface area contributed by atoms with Gasteiger partial charge in [-0.1, -0.05) is 26.0 Å². The van der Waals surface area contributed by atoms with E-state index in [1.54, 1.807) is 6.92 Å². The van der Waals surface area contributed by atoms with Crippen molar-refractivity contribution in [3.05, 3.63) is 29.3 Å². The van der Waals surface area contributed by atoms with Crippen LogP contribution < -0.4 is 15.4 Å². The van der Waals surface area contributed by atoms with Gasteiger partial charge in [0.15, 0.2) is 0 Å². The van der Waals surface area contributed by atoms with Crippen LogP contribution >= 0.6 is 0 Å². The third kappa shape index (κ3) is 6.80. The number of aliphatic hydroxyl groups is 1. The highest BCUT2D eigenvalue weighted by atomic mass is 16.5. The fourth-order valence-corrected chi connectivity index (χ4v) is 1.84.